The smallest absolute Gasteiger partial charge is 0.256 e. The Morgan fingerprint density at radius 2 is 1.71 bits per heavy atom. The van der Waals surface area contributed by atoms with E-state index >= 15 is 0 Å². The summed E-state index contributed by atoms with van der Waals surface area (Å²) in [6.45, 7) is 6.09. The molecule has 0 spiro atoms. The lowest BCUT2D eigenvalue weighted by atomic mass is 10.0. The van der Waals surface area contributed by atoms with Crippen LogP contribution in [-0.2, 0) is 9.47 Å². The maximum Gasteiger partial charge on any atom is 0.256 e. The van der Waals surface area contributed by atoms with Gasteiger partial charge in [-0.3, -0.25) is 14.9 Å². The molecule has 8 rings (SSSR count). The molecule has 0 unspecified atom stereocenters. The van der Waals surface area contributed by atoms with Gasteiger partial charge in [-0.15, -0.1) is 0 Å². The number of aromatic nitrogens is 6. The van der Waals surface area contributed by atoms with Crippen molar-refractivity contribution in [2.45, 2.75) is 0 Å². The molecule has 0 saturated carbocycles. The molecule has 6 aromatic rings. The van der Waals surface area contributed by atoms with Gasteiger partial charge in [-0.25, -0.2) is 9.97 Å². The summed E-state index contributed by atoms with van der Waals surface area (Å²) in [6, 6.07) is 15.8. The monoisotopic (exact) mass is 562 g/mol. The highest BCUT2D eigenvalue weighted by Gasteiger charge is 2.23. The maximum absolute atomic E-state index is 13.2. The predicted octanol–water partition coefficient (Wildman–Crippen LogP) is 3.80. The SMILES string of the molecule is C1COCCN1.O=C(c1cccc2[nH]c(-c3[nH]nc4ncc(-c5cncc6ccccc56)cc34)nc12)N1CCOCC1. The lowest BCUT2D eigenvalue weighted by molar-refractivity contribution is 0.0304. The van der Waals surface area contributed by atoms with E-state index in [1.165, 1.54) is 0 Å². The van der Waals surface area contributed by atoms with Gasteiger partial charge in [0.1, 0.15) is 11.2 Å². The second-order valence-electron chi connectivity index (χ2n) is 10.2. The van der Waals surface area contributed by atoms with Crippen LogP contribution in [0.1, 0.15) is 10.4 Å². The van der Waals surface area contributed by atoms with Gasteiger partial charge in [-0.2, -0.15) is 5.10 Å². The number of carbonyl (C=O) groups is 1. The summed E-state index contributed by atoms with van der Waals surface area (Å²) < 4.78 is 10.4. The number of pyridine rings is 2. The van der Waals surface area contributed by atoms with Crippen molar-refractivity contribution in [1.29, 1.82) is 0 Å². The van der Waals surface area contributed by atoms with Gasteiger partial charge in [-0.05, 0) is 23.6 Å². The molecule has 0 aliphatic carbocycles. The van der Waals surface area contributed by atoms with Crippen molar-refractivity contribution in [2.75, 3.05) is 52.6 Å². The van der Waals surface area contributed by atoms with E-state index in [9.17, 15) is 4.79 Å². The second kappa shape index (κ2) is 11.6. The van der Waals surface area contributed by atoms with Gasteiger partial charge in [0.15, 0.2) is 11.5 Å². The molecule has 11 nitrogen and oxygen atoms in total. The zero-order valence-electron chi connectivity index (χ0n) is 23.0. The number of amides is 1. The third-order valence-corrected chi connectivity index (χ3v) is 7.51. The molecular weight excluding hydrogens is 532 g/mol. The molecular formula is C31H30N8O3. The van der Waals surface area contributed by atoms with Gasteiger partial charge < -0.3 is 24.7 Å². The first-order chi connectivity index (χ1) is 20.8. The molecule has 11 heteroatoms. The number of fused-ring (bicyclic) bond motifs is 3. The lowest BCUT2D eigenvalue weighted by Gasteiger charge is -2.26. The summed E-state index contributed by atoms with van der Waals surface area (Å²) in [5.41, 5.74) is 5.23. The van der Waals surface area contributed by atoms with Crippen molar-refractivity contribution in [2.24, 2.45) is 0 Å². The Labute approximate surface area is 241 Å². The summed E-state index contributed by atoms with van der Waals surface area (Å²) in [4.78, 5) is 32.2. The number of hydrogen-bond acceptors (Lipinski definition) is 8. The molecule has 212 valence electrons. The van der Waals surface area contributed by atoms with E-state index in [1.54, 1.807) is 0 Å². The highest BCUT2D eigenvalue weighted by molar-refractivity contribution is 6.06. The molecule has 4 aromatic heterocycles. The standard InChI is InChI=1S/C27H21N7O2.C4H9NO/c35-27(34-8-10-36-11-9-34)19-6-3-7-22-23(19)31-26(30-22)24-20-12-17(14-29-25(20)33-32-24)21-15-28-13-16-4-1-2-5-18(16)21;1-3-6-4-2-5-1/h1-7,12-15H,8-11H2,(H,30,31)(H,29,32,33);5H,1-4H2. The van der Waals surface area contributed by atoms with Crippen LogP contribution >= 0.6 is 0 Å². The van der Waals surface area contributed by atoms with Crippen LogP contribution in [0.2, 0.25) is 0 Å². The number of rotatable bonds is 3. The van der Waals surface area contributed by atoms with E-state index in [1.807, 2.05) is 59.9 Å². The molecule has 2 aliphatic heterocycles. The Morgan fingerprint density at radius 1 is 0.881 bits per heavy atom. The zero-order chi connectivity index (χ0) is 28.3. The highest BCUT2D eigenvalue weighted by Crippen LogP contribution is 2.32. The predicted molar refractivity (Wildman–Crippen MR) is 160 cm³/mol. The van der Waals surface area contributed by atoms with Crippen molar-refractivity contribution in [3.63, 3.8) is 0 Å². The first-order valence-corrected chi connectivity index (χ1v) is 14.1. The minimum absolute atomic E-state index is 0.0381. The molecule has 0 radical (unpaired) electrons. The number of aromatic amines is 2. The van der Waals surface area contributed by atoms with Crippen LogP contribution in [-0.4, -0.2) is 93.5 Å². The first kappa shape index (κ1) is 26.2. The van der Waals surface area contributed by atoms with Gasteiger partial charge in [-0.1, -0.05) is 30.3 Å². The van der Waals surface area contributed by atoms with Crippen molar-refractivity contribution in [3.05, 3.63) is 72.7 Å². The van der Waals surface area contributed by atoms with Gasteiger partial charge in [0.2, 0.25) is 0 Å². The molecule has 6 heterocycles. The second-order valence-corrected chi connectivity index (χ2v) is 10.2. The fourth-order valence-electron chi connectivity index (χ4n) is 5.35. The zero-order valence-corrected chi connectivity index (χ0v) is 23.0. The van der Waals surface area contributed by atoms with Gasteiger partial charge in [0.25, 0.3) is 5.91 Å². The van der Waals surface area contributed by atoms with Crippen molar-refractivity contribution in [1.82, 2.24) is 40.3 Å². The van der Waals surface area contributed by atoms with Crippen LogP contribution in [0.15, 0.2) is 67.1 Å². The Balaban J connectivity index is 0.000000430. The van der Waals surface area contributed by atoms with Gasteiger partial charge in [0, 0.05) is 61.3 Å². The summed E-state index contributed by atoms with van der Waals surface area (Å²) in [7, 11) is 0. The number of imidazole rings is 1. The number of H-pyrrole nitrogens is 2. The average molecular weight is 563 g/mol. The number of ether oxygens (including phenoxy) is 2. The number of nitrogens with one attached hydrogen (secondary N) is 3. The minimum atomic E-state index is -0.0381. The molecule has 3 N–H and O–H groups in total. The van der Waals surface area contributed by atoms with Crippen molar-refractivity contribution >= 4 is 38.7 Å². The summed E-state index contributed by atoms with van der Waals surface area (Å²) in [5, 5.41) is 13.6. The third-order valence-electron chi connectivity index (χ3n) is 7.51. The Bertz CT molecular complexity index is 1850. The normalized spacial score (nSPS) is 15.6. The van der Waals surface area contributed by atoms with Gasteiger partial charge in [0.05, 0.1) is 42.9 Å². The van der Waals surface area contributed by atoms with E-state index in [2.05, 4.69) is 42.6 Å². The van der Waals surface area contributed by atoms with Crippen LogP contribution in [0.4, 0.5) is 0 Å². The summed E-state index contributed by atoms with van der Waals surface area (Å²) >= 11 is 0. The van der Waals surface area contributed by atoms with E-state index in [-0.39, 0.29) is 5.91 Å². The Morgan fingerprint density at radius 3 is 2.52 bits per heavy atom. The quantitative estimate of drug-likeness (QED) is 0.297. The topological polar surface area (TPSA) is 134 Å². The highest BCUT2D eigenvalue weighted by atomic mass is 16.5. The molecule has 2 aromatic carbocycles. The maximum atomic E-state index is 13.2. The van der Waals surface area contributed by atoms with E-state index < -0.39 is 0 Å². The Hall–Kier alpha value is -4.71. The molecule has 2 aliphatic rings. The molecule has 0 bridgehead atoms. The van der Waals surface area contributed by atoms with Crippen LogP contribution in [0, 0.1) is 0 Å². The number of morpholine rings is 2. The number of para-hydroxylation sites is 1. The number of benzene rings is 2. The van der Waals surface area contributed by atoms with E-state index in [0.717, 1.165) is 59.1 Å². The van der Waals surface area contributed by atoms with Crippen LogP contribution < -0.4 is 5.32 Å². The van der Waals surface area contributed by atoms with Crippen LogP contribution in [0.25, 0.3) is 55.5 Å². The average Bonchev–Trinajstić information content (AvgIpc) is 3.69. The van der Waals surface area contributed by atoms with Crippen molar-refractivity contribution in [3.8, 4) is 22.6 Å². The fraction of sp³-hybridized carbons (Fsp3) is 0.258. The lowest BCUT2D eigenvalue weighted by Crippen LogP contribution is -2.40. The molecule has 2 saturated heterocycles. The summed E-state index contributed by atoms with van der Waals surface area (Å²) in [6.07, 6.45) is 5.53. The van der Waals surface area contributed by atoms with Crippen molar-refractivity contribution < 1.29 is 14.3 Å². The number of carbonyl (C=O) groups excluding carboxylic acids is 1. The minimum Gasteiger partial charge on any atom is -0.379 e. The largest absolute Gasteiger partial charge is 0.379 e. The first-order valence-electron chi connectivity index (χ1n) is 14.1. The molecule has 2 fully saturated rings. The molecule has 1 amide bonds. The fourth-order valence-corrected chi connectivity index (χ4v) is 5.35. The third kappa shape index (κ3) is 5.09. The van der Waals surface area contributed by atoms with Gasteiger partial charge >= 0.3 is 0 Å². The van der Waals surface area contributed by atoms with E-state index in [4.69, 9.17) is 14.5 Å². The summed E-state index contributed by atoms with van der Waals surface area (Å²) in [5.74, 6) is 0.563. The van der Waals surface area contributed by atoms with Crippen LogP contribution in [0.3, 0.4) is 0 Å². The Kier molecular flexibility index (Phi) is 7.27. The number of hydrogen-bond donors (Lipinski definition) is 3. The van der Waals surface area contributed by atoms with E-state index in [0.29, 0.717) is 54.5 Å². The molecule has 0 atom stereocenters. The number of nitrogens with zero attached hydrogens (tertiary/aromatic N) is 5. The molecule has 42 heavy (non-hydrogen) atoms. The van der Waals surface area contributed by atoms with Crippen LogP contribution in [0.5, 0.6) is 0 Å².